The molecule has 1 aromatic carbocycles. The Balaban J connectivity index is 1.94. The minimum atomic E-state index is -0.537. The van der Waals surface area contributed by atoms with Crippen LogP contribution in [0.25, 0.3) is 0 Å². The van der Waals surface area contributed by atoms with Gasteiger partial charge in [-0.2, -0.15) is 0 Å². The highest BCUT2D eigenvalue weighted by Crippen LogP contribution is 2.33. The summed E-state index contributed by atoms with van der Waals surface area (Å²) in [6.45, 7) is 4.71. The molecule has 3 atom stereocenters. The molecule has 3 rings (SSSR count). The third-order valence-corrected chi connectivity index (χ3v) is 6.16. The quantitative estimate of drug-likeness (QED) is 0.872. The minimum absolute atomic E-state index is 0.316. The molecule has 1 aromatic rings. The van der Waals surface area contributed by atoms with Gasteiger partial charge in [-0.05, 0) is 18.1 Å². The molecule has 3 amide bonds. The summed E-state index contributed by atoms with van der Waals surface area (Å²) in [7, 11) is 1.66. The monoisotopic (exact) mass is 380 g/mol. The van der Waals surface area contributed by atoms with Crippen molar-refractivity contribution in [2.24, 2.45) is 4.99 Å². The Kier molecular flexibility index (Phi) is 5.24. The van der Waals surface area contributed by atoms with Gasteiger partial charge in [0.1, 0.15) is 0 Å². The molecule has 2 heterocycles. The van der Waals surface area contributed by atoms with E-state index in [0.717, 1.165) is 17.2 Å². The molecule has 1 N–H and O–H groups in total. The summed E-state index contributed by atoms with van der Waals surface area (Å²) in [5.74, 6) is -0.316. The fourth-order valence-corrected chi connectivity index (χ4v) is 4.04. The van der Waals surface area contributed by atoms with Crippen LogP contribution in [0.5, 0.6) is 0 Å². The van der Waals surface area contributed by atoms with Crippen LogP contribution in [0.2, 0.25) is 5.02 Å². The van der Waals surface area contributed by atoms with Crippen LogP contribution in [0.15, 0.2) is 29.3 Å². The number of benzene rings is 1. The average Bonchev–Trinajstić information content (AvgIpc) is 2.93. The molecular formula is C17H21ClN4O2S. The Labute approximate surface area is 156 Å². The van der Waals surface area contributed by atoms with E-state index in [4.69, 9.17) is 16.6 Å². The number of hydrogen-bond donors (Lipinski definition) is 1. The molecule has 0 saturated carbocycles. The molecule has 2 aliphatic rings. The van der Waals surface area contributed by atoms with Crippen molar-refractivity contribution in [2.75, 3.05) is 7.05 Å². The maximum atomic E-state index is 12.5. The number of nitrogens with zero attached hydrogens (tertiary/aromatic N) is 3. The van der Waals surface area contributed by atoms with Gasteiger partial charge >= 0.3 is 6.03 Å². The van der Waals surface area contributed by atoms with E-state index in [1.807, 2.05) is 29.2 Å². The van der Waals surface area contributed by atoms with Crippen LogP contribution in [0.1, 0.15) is 25.8 Å². The Bertz CT molecular complexity index is 726. The first-order valence-electron chi connectivity index (χ1n) is 8.24. The van der Waals surface area contributed by atoms with Crippen molar-refractivity contribution in [3.8, 4) is 0 Å². The maximum Gasteiger partial charge on any atom is 0.325 e. The summed E-state index contributed by atoms with van der Waals surface area (Å²) in [4.78, 5) is 32.6. The van der Waals surface area contributed by atoms with Crippen molar-refractivity contribution in [1.29, 1.82) is 0 Å². The van der Waals surface area contributed by atoms with Gasteiger partial charge in [0, 0.05) is 23.9 Å². The number of amides is 3. The average molecular weight is 381 g/mol. The van der Waals surface area contributed by atoms with E-state index < -0.39 is 18.2 Å². The normalized spacial score (nSPS) is 24.1. The van der Waals surface area contributed by atoms with Crippen LogP contribution >= 0.6 is 23.4 Å². The van der Waals surface area contributed by atoms with Gasteiger partial charge in [0.05, 0.1) is 0 Å². The summed E-state index contributed by atoms with van der Waals surface area (Å²) < 4.78 is 0. The Hall–Kier alpha value is -1.73. The molecule has 134 valence electrons. The fraction of sp³-hybridized carbons (Fsp3) is 0.471. The van der Waals surface area contributed by atoms with Crippen LogP contribution in [-0.2, 0) is 11.3 Å². The lowest BCUT2D eigenvalue weighted by Crippen LogP contribution is -2.63. The second-order valence-electron chi connectivity index (χ2n) is 6.23. The van der Waals surface area contributed by atoms with E-state index in [2.05, 4.69) is 19.2 Å². The van der Waals surface area contributed by atoms with Gasteiger partial charge in [0.15, 0.2) is 17.4 Å². The molecule has 6 nitrogen and oxygen atoms in total. The number of halogens is 1. The van der Waals surface area contributed by atoms with Gasteiger partial charge in [-0.3, -0.25) is 10.1 Å². The number of likely N-dealkylation sites (N-methyl/N-ethyl adjacent to an activating group) is 1. The van der Waals surface area contributed by atoms with Crippen molar-refractivity contribution >= 4 is 40.5 Å². The zero-order valence-electron chi connectivity index (χ0n) is 14.4. The van der Waals surface area contributed by atoms with E-state index >= 15 is 0 Å². The highest BCUT2D eigenvalue weighted by atomic mass is 35.5. The lowest BCUT2D eigenvalue weighted by atomic mass is 10.1. The van der Waals surface area contributed by atoms with Crippen LogP contribution in [0, 0.1) is 0 Å². The zero-order chi connectivity index (χ0) is 18.1. The van der Waals surface area contributed by atoms with Gasteiger partial charge in [-0.15, -0.1) is 0 Å². The number of amidine groups is 1. The standard InChI is InChI=1S/C17H21ClN4O2S/c1-4-10(2)25-17-19-14-13(15(23)20-16(24)21(14)3)22(17)9-11-7-5-6-8-12(11)18/h5-8,10,13-14H,4,9H2,1-3H3,(H,20,23,24). The molecular weight excluding hydrogens is 360 g/mol. The number of urea groups is 1. The predicted molar refractivity (Wildman–Crippen MR) is 101 cm³/mol. The van der Waals surface area contributed by atoms with Crippen molar-refractivity contribution in [2.45, 2.75) is 44.3 Å². The number of aliphatic imine (C=N–C) groups is 1. The van der Waals surface area contributed by atoms with Crippen LogP contribution in [-0.4, -0.2) is 51.4 Å². The Morgan fingerprint density at radius 2 is 2.08 bits per heavy atom. The second kappa shape index (κ2) is 7.25. The van der Waals surface area contributed by atoms with Gasteiger partial charge in [-0.1, -0.05) is 55.4 Å². The van der Waals surface area contributed by atoms with Crippen molar-refractivity contribution in [3.63, 3.8) is 0 Å². The molecule has 25 heavy (non-hydrogen) atoms. The molecule has 0 spiro atoms. The predicted octanol–water partition coefficient (Wildman–Crippen LogP) is 2.92. The Morgan fingerprint density at radius 3 is 2.76 bits per heavy atom. The van der Waals surface area contributed by atoms with Crippen molar-refractivity contribution in [3.05, 3.63) is 34.9 Å². The number of hydrogen-bond acceptors (Lipinski definition) is 5. The lowest BCUT2D eigenvalue weighted by Gasteiger charge is -2.36. The van der Waals surface area contributed by atoms with E-state index in [9.17, 15) is 9.59 Å². The third kappa shape index (κ3) is 3.48. The summed E-state index contributed by atoms with van der Waals surface area (Å²) in [6.07, 6.45) is 0.482. The molecule has 3 unspecified atom stereocenters. The summed E-state index contributed by atoms with van der Waals surface area (Å²) >= 11 is 7.93. The molecule has 0 aliphatic carbocycles. The molecule has 0 aromatic heterocycles. The molecule has 0 radical (unpaired) electrons. The molecule has 2 aliphatic heterocycles. The molecule has 1 saturated heterocycles. The molecule has 1 fully saturated rings. The van der Waals surface area contributed by atoms with E-state index in [1.165, 1.54) is 4.90 Å². The van der Waals surface area contributed by atoms with Crippen LogP contribution in [0.4, 0.5) is 4.79 Å². The highest BCUT2D eigenvalue weighted by molar-refractivity contribution is 8.14. The number of carbonyl (C=O) groups is 2. The van der Waals surface area contributed by atoms with E-state index in [0.29, 0.717) is 16.8 Å². The first-order valence-corrected chi connectivity index (χ1v) is 9.50. The topological polar surface area (TPSA) is 65.0 Å². The zero-order valence-corrected chi connectivity index (χ0v) is 16.0. The molecule has 8 heteroatoms. The summed E-state index contributed by atoms with van der Waals surface area (Å²) in [5.41, 5.74) is 0.926. The largest absolute Gasteiger partial charge is 0.331 e. The third-order valence-electron chi connectivity index (χ3n) is 4.50. The fourth-order valence-electron chi connectivity index (χ4n) is 2.84. The lowest BCUT2D eigenvalue weighted by molar-refractivity contribution is -0.127. The SMILES string of the molecule is CCC(C)SC1=NC2C(C(=O)NC(=O)N2C)N1Cc1ccccc1Cl. The maximum absolute atomic E-state index is 12.5. The van der Waals surface area contributed by atoms with Gasteiger partial charge < -0.3 is 9.80 Å². The van der Waals surface area contributed by atoms with Gasteiger partial charge in [-0.25, -0.2) is 9.79 Å². The number of thioether (sulfide) groups is 1. The number of fused-ring (bicyclic) bond motifs is 1. The number of nitrogens with one attached hydrogen (secondary N) is 1. The first kappa shape index (κ1) is 18.1. The van der Waals surface area contributed by atoms with E-state index in [1.54, 1.807) is 18.8 Å². The number of carbonyl (C=O) groups excluding carboxylic acids is 2. The van der Waals surface area contributed by atoms with Crippen molar-refractivity contribution in [1.82, 2.24) is 15.1 Å². The van der Waals surface area contributed by atoms with Gasteiger partial charge in [0.2, 0.25) is 0 Å². The van der Waals surface area contributed by atoms with Crippen LogP contribution < -0.4 is 5.32 Å². The second-order valence-corrected chi connectivity index (χ2v) is 8.04. The van der Waals surface area contributed by atoms with Crippen molar-refractivity contribution < 1.29 is 9.59 Å². The Morgan fingerprint density at radius 1 is 1.36 bits per heavy atom. The number of rotatable bonds is 4. The highest BCUT2D eigenvalue weighted by Gasteiger charge is 2.48. The number of imide groups is 1. The van der Waals surface area contributed by atoms with Gasteiger partial charge in [0.25, 0.3) is 5.91 Å². The first-order chi connectivity index (χ1) is 11.9. The smallest absolute Gasteiger partial charge is 0.325 e. The molecule has 0 bridgehead atoms. The summed E-state index contributed by atoms with van der Waals surface area (Å²) in [5, 5.41) is 4.20. The summed E-state index contributed by atoms with van der Waals surface area (Å²) in [6, 6.07) is 6.62. The minimum Gasteiger partial charge on any atom is -0.331 e. The van der Waals surface area contributed by atoms with Crippen LogP contribution in [0.3, 0.4) is 0 Å². The van der Waals surface area contributed by atoms with E-state index in [-0.39, 0.29) is 5.91 Å².